The summed E-state index contributed by atoms with van der Waals surface area (Å²) in [6.45, 7) is 0.766. The molecule has 0 unspecified atom stereocenters. The lowest BCUT2D eigenvalue weighted by Gasteiger charge is -2.18. The molecule has 0 saturated carbocycles. The summed E-state index contributed by atoms with van der Waals surface area (Å²) in [6.07, 6.45) is 0.598. The predicted octanol–water partition coefficient (Wildman–Crippen LogP) is 3.26. The molecule has 154 valence electrons. The molecule has 2 heterocycles. The molecule has 0 bridgehead atoms. The van der Waals surface area contributed by atoms with E-state index in [-0.39, 0.29) is 23.0 Å². The summed E-state index contributed by atoms with van der Waals surface area (Å²) < 4.78 is 22.7. The first-order chi connectivity index (χ1) is 14.3. The molecule has 1 aliphatic heterocycles. The van der Waals surface area contributed by atoms with Crippen molar-refractivity contribution in [1.82, 2.24) is 9.88 Å². The van der Waals surface area contributed by atoms with Gasteiger partial charge >= 0.3 is 0 Å². The van der Waals surface area contributed by atoms with E-state index in [9.17, 15) is 13.5 Å². The minimum atomic E-state index is -3.71. The molecule has 9 heteroatoms. The second-order valence-corrected chi connectivity index (χ2v) is 9.35. The Kier molecular flexibility index (Phi) is 5.42. The van der Waals surface area contributed by atoms with Gasteiger partial charge in [0.1, 0.15) is 16.6 Å². The van der Waals surface area contributed by atoms with Crippen LogP contribution in [0.4, 0.5) is 0 Å². The van der Waals surface area contributed by atoms with Gasteiger partial charge in [0.2, 0.25) is 10.0 Å². The van der Waals surface area contributed by atoms with Crippen LogP contribution in [0, 0.1) is 5.41 Å². The lowest BCUT2D eigenvalue weighted by atomic mass is 10.1. The minimum Gasteiger partial charge on any atom is -0.510 e. The number of sulfonamides is 1. The van der Waals surface area contributed by atoms with Crippen LogP contribution in [0.2, 0.25) is 0 Å². The zero-order valence-electron chi connectivity index (χ0n) is 15.9. The van der Waals surface area contributed by atoms with E-state index in [2.05, 4.69) is 4.98 Å². The summed E-state index contributed by atoms with van der Waals surface area (Å²) in [5, 5.41) is 26.6. The average Bonchev–Trinajstić information content (AvgIpc) is 3.31. The lowest BCUT2D eigenvalue weighted by Crippen LogP contribution is -2.28. The number of nitrogens with two attached hydrogens (primary N) is 1. The van der Waals surface area contributed by atoms with Crippen molar-refractivity contribution in [2.24, 2.45) is 5.14 Å². The third-order valence-corrected chi connectivity index (χ3v) is 6.68. The monoisotopic (exact) mass is 440 g/mol. The van der Waals surface area contributed by atoms with Crippen molar-refractivity contribution in [3.63, 3.8) is 0 Å². The van der Waals surface area contributed by atoms with Crippen LogP contribution in [0.3, 0.4) is 0 Å². The third kappa shape index (κ3) is 4.13. The Morgan fingerprint density at radius 1 is 1.13 bits per heavy atom. The van der Waals surface area contributed by atoms with E-state index in [1.807, 2.05) is 35.7 Å². The van der Waals surface area contributed by atoms with Crippen molar-refractivity contribution in [2.75, 3.05) is 13.1 Å². The Bertz CT molecular complexity index is 1220. The molecular weight excluding hydrogens is 420 g/mol. The van der Waals surface area contributed by atoms with Gasteiger partial charge in [0.15, 0.2) is 0 Å². The molecule has 0 aliphatic carbocycles. The minimum absolute atomic E-state index is 0.0692. The average molecular weight is 441 g/mol. The number of thiazole rings is 1. The van der Waals surface area contributed by atoms with Gasteiger partial charge in [0.25, 0.3) is 0 Å². The second-order valence-electron chi connectivity index (χ2n) is 6.93. The fourth-order valence-corrected chi connectivity index (χ4v) is 4.70. The van der Waals surface area contributed by atoms with Crippen LogP contribution in [0.5, 0.6) is 0 Å². The van der Waals surface area contributed by atoms with Crippen LogP contribution >= 0.6 is 11.3 Å². The number of amidine groups is 1. The number of primary sulfonamides is 1. The second kappa shape index (κ2) is 8.02. The van der Waals surface area contributed by atoms with Gasteiger partial charge in [0, 0.05) is 17.5 Å². The predicted molar refractivity (Wildman–Crippen MR) is 118 cm³/mol. The van der Waals surface area contributed by atoms with Crippen LogP contribution < -0.4 is 5.14 Å². The number of aliphatic hydroxyl groups is 1. The summed E-state index contributed by atoms with van der Waals surface area (Å²) in [4.78, 5) is 6.46. The molecule has 7 nitrogen and oxygen atoms in total. The number of aliphatic hydroxyl groups excluding tert-OH is 1. The van der Waals surface area contributed by atoms with Crippen molar-refractivity contribution < 1.29 is 13.5 Å². The van der Waals surface area contributed by atoms with E-state index in [1.165, 1.54) is 23.5 Å². The quantitative estimate of drug-likeness (QED) is 0.543. The number of hydrogen-bond acceptors (Lipinski definition) is 6. The maximum atomic E-state index is 11.4. The van der Waals surface area contributed by atoms with E-state index >= 15 is 0 Å². The SMILES string of the molecule is N=C1C(c2nc(-c3ccccc3)cs2)=C(O)CN1CCc1ccc(S(N)(=O)=O)cc1. The summed E-state index contributed by atoms with van der Waals surface area (Å²) in [5.74, 6) is 0.376. The third-order valence-electron chi connectivity index (χ3n) is 4.89. The highest BCUT2D eigenvalue weighted by Gasteiger charge is 2.30. The van der Waals surface area contributed by atoms with E-state index < -0.39 is 10.0 Å². The Balaban J connectivity index is 1.44. The fourth-order valence-electron chi connectivity index (χ4n) is 3.29. The molecule has 4 N–H and O–H groups in total. The number of nitrogens with one attached hydrogen (secondary N) is 1. The topological polar surface area (TPSA) is 120 Å². The maximum Gasteiger partial charge on any atom is 0.238 e. The van der Waals surface area contributed by atoms with E-state index in [4.69, 9.17) is 10.5 Å². The highest BCUT2D eigenvalue weighted by molar-refractivity contribution is 7.89. The van der Waals surface area contributed by atoms with Crippen LogP contribution in [-0.2, 0) is 16.4 Å². The highest BCUT2D eigenvalue weighted by atomic mass is 32.2. The Hall–Kier alpha value is -3.01. The van der Waals surface area contributed by atoms with Crippen molar-refractivity contribution in [3.8, 4) is 11.3 Å². The Morgan fingerprint density at radius 2 is 1.83 bits per heavy atom. The first-order valence-corrected chi connectivity index (χ1v) is 11.6. The molecule has 0 fully saturated rings. The van der Waals surface area contributed by atoms with Gasteiger partial charge in [-0.1, -0.05) is 42.5 Å². The number of hydrogen-bond donors (Lipinski definition) is 3. The largest absolute Gasteiger partial charge is 0.510 e. The molecule has 0 radical (unpaired) electrons. The van der Waals surface area contributed by atoms with Gasteiger partial charge in [-0.25, -0.2) is 18.5 Å². The standard InChI is InChI=1S/C21H20N4O3S2/c22-20-19(21-24-17(13-29-21)15-4-2-1-3-5-15)18(26)12-25(20)11-10-14-6-8-16(9-7-14)30(23,27)28/h1-9,13,22,26H,10-12H2,(H2,23,27,28). The van der Waals surface area contributed by atoms with Crippen molar-refractivity contribution in [1.29, 1.82) is 5.41 Å². The van der Waals surface area contributed by atoms with Crippen LogP contribution in [-0.4, -0.2) is 42.3 Å². The van der Waals surface area contributed by atoms with Gasteiger partial charge in [-0.2, -0.15) is 0 Å². The molecule has 0 amide bonds. The molecule has 0 spiro atoms. The number of aromatic nitrogens is 1. The zero-order valence-corrected chi connectivity index (χ0v) is 17.6. The van der Waals surface area contributed by atoms with Gasteiger partial charge in [-0.15, -0.1) is 11.3 Å². The van der Waals surface area contributed by atoms with E-state index in [0.717, 1.165) is 16.8 Å². The molecule has 0 atom stereocenters. The molecule has 0 saturated heterocycles. The maximum absolute atomic E-state index is 11.4. The number of benzene rings is 2. The molecule has 4 rings (SSSR count). The van der Waals surface area contributed by atoms with Crippen LogP contribution in [0.25, 0.3) is 16.8 Å². The normalized spacial score (nSPS) is 14.6. The first kappa shape index (κ1) is 20.3. The number of nitrogens with zero attached hydrogens (tertiary/aromatic N) is 2. The Labute approximate surface area is 178 Å². The van der Waals surface area contributed by atoms with Gasteiger partial charge in [-0.3, -0.25) is 5.41 Å². The smallest absolute Gasteiger partial charge is 0.238 e. The van der Waals surface area contributed by atoms with Gasteiger partial charge < -0.3 is 10.0 Å². The molecule has 30 heavy (non-hydrogen) atoms. The molecule has 1 aliphatic rings. The fraction of sp³-hybridized carbons (Fsp3) is 0.143. The summed E-state index contributed by atoms with van der Waals surface area (Å²) >= 11 is 1.40. The van der Waals surface area contributed by atoms with Crippen molar-refractivity contribution in [2.45, 2.75) is 11.3 Å². The van der Waals surface area contributed by atoms with E-state index in [0.29, 0.717) is 23.5 Å². The summed E-state index contributed by atoms with van der Waals surface area (Å²) in [5.41, 5.74) is 3.19. The lowest BCUT2D eigenvalue weighted by molar-refractivity contribution is 0.351. The zero-order chi connectivity index (χ0) is 21.3. The van der Waals surface area contributed by atoms with Gasteiger partial charge in [-0.05, 0) is 24.1 Å². The highest BCUT2D eigenvalue weighted by Crippen LogP contribution is 2.32. The number of rotatable bonds is 6. The summed E-state index contributed by atoms with van der Waals surface area (Å²) in [6, 6.07) is 16.1. The van der Waals surface area contributed by atoms with Crippen LogP contribution in [0.15, 0.2) is 70.6 Å². The molecule has 3 aromatic rings. The molecule has 2 aromatic carbocycles. The Morgan fingerprint density at radius 3 is 2.50 bits per heavy atom. The van der Waals surface area contributed by atoms with E-state index in [1.54, 1.807) is 17.0 Å². The van der Waals surface area contributed by atoms with Gasteiger partial charge in [0.05, 0.1) is 22.7 Å². The summed E-state index contributed by atoms with van der Waals surface area (Å²) in [7, 11) is -3.71. The van der Waals surface area contributed by atoms with Crippen molar-refractivity contribution in [3.05, 3.63) is 76.3 Å². The van der Waals surface area contributed by atoms with Crippen molar-refractivity contribution >= 4 is 32.8 Å². The first-order valence-electron chi connectivity index (χ1n) is 9.22. The van der Waals surface area contributed by atoms with Crippen LogP contribution in [0.1, 0.15) is 10.6 Å². The molecular formula is C21H20N4O3S2. The molecule has 1 aromatic heterocycles.